The Kier molecular flexibility index (Phi) is 4.05. The lowest BCUT2D eigenvalue weighted by Gasteiger charge is -2.09. The van der Waals surface area contributed by atoms with Crippen LogP contribution in [0.5, 0.6) is 5.75 Å². The van der Waals surface area contributed by atoms with E-state index in [2.05, 4.69) is 30.6 Å². The highest BCUT2D eigenvalue weighted by Gasteiger charge is 2.31. The number of likely N-dealkylation sites (N-methyl/N-ethyl adjacent to an activating group) is 1. The number of nitrogens with one attached hydrogen (secondary N) is 2. The highest BCUT2D eigenvalue weighted by Crippen LogP contribution is 2.32. The molecule has 0 unspecified atom stereocenters. The molecule has 0 bridgehead atoms. The summed E-state index contributed by atoms with van der Waals surface area (Å²) in [5.74, 6) is 1.81. The number of ether oxygens (including phenoxy) is 1. The molecule has 2 aromatic carbocycles. The monoisotopic (exact) mass is 387 g/mol. The van der Waals surface area contributed by atoms with Crippen molar-refractivity contribution >= 4 is 28.1 Å². The standard InChI is InChI=1S/C20H17N7O2/c1-27-10-14(19-23-25-26-24-19)18(20(27)28)12-6-8-13(9-7-12)29-11-17-21-15-4-2-3-5-16(15)22-17/h2-9H,10-11H2,1H3,(H,21,22)(H,23,24,25,26). The maximum atomic E-state index is 12.6. The van der Waals surface area contributed by atoms with E-state index in [0.717, 1.165) is 28.0 Å². The van der Waals surface area contributed by atoms with Crippen LogP contribution in [0.1, 0.15) is 17.2 Å². The summed E-state index contributed by atoms with van der Waals surface area (Å²) in [6.45, 7) is 0.768. The molecule has 2 aromatic heterocycles. The lowest BCUT2D eigenvalue weighted by atomic mass is 10.0. The van der Waals surface area contributed by atoms with Crippen LogP contribution in [0.15, 0.2) is 48.5 Å². The molecule has 1 amide bonds. The second kappa shape index (κ2) is 6.86. The van der Waals surface area contributed by atoms with Crippen LogP contribution >= 0.6 is 0 Å². The Morgan fingerprint density at radius 1 is 1.14 bits per heavy atom. The van der Waals surface area contributed by atoms with E-state index in [4.69, 9.17) is 4.74 Å². The summed E-state index contributed by atoms with van der Waals surface area (Å²) in [4.78, 5) is 22.0. The zero-order valence-electron chi connectivity index (χ0n) is 15.6. The van der Waals surface area contributed by atoms with Gasteiger partial charge in [-0.05, 0) is 35.0 Å². The number of fused-ring (bicyclic) bond motifs is 1. The van der Waals surface area contributed by atoms with Crippen molar-refractivity contribution in [2.75, 3.05) is 13.6 Å². The number of amides is 1. The van der Waals surface area contributed by atoms with Gasteiger partial charge in [-0.25, -0.2) is 4.98 Å². The van der Waals surface area contributed by atoms with E-state index in [0.29, 0.717) is 30.3 Å². The molecule has 29 heavy (non-hydrogen) atoms. The number of imidazole rings is 1. The molecule has 0 radical (unpaired) electrons. The summed E-state index contributed by atoms with van der Waals surface area (Å²) < 4.78 is 5.84. The first-order chi connectivity index (χ1) is 14.2. The molecule has 0 atom stereocenters. The van der Waals surface area contributed by atoms with E-state index in [-0.39, 0.29) is 5.91 Å². The first-order valence-electron chi connectivity index (χ1n) is 9.08. The van der Waals surface area contributed by atoms with Gasteiger partial charge in [-0.2, -0.15) is 5.21 Å². The third-order valence-electron chi connectivity index (χ3n) is 4.83. The summed E-state index contributed by atoms with van der Waals surface area (Å²) in [6, 6.07) is 15.2. The number of tetrazole rings is 1. The number of aromatic amines is 2. The maximum Gasteiger partial charge on any atom is 0.254 e. The van der Waals surface area contributed by atoms with Gasteiger partial charge in [0.25, 0.3) is 5.91 Å². The Morgan fingerprint density at radius 2 is 1.97 bits per heavy atom. The largest absolute Gasteiger partial charge is 0.486 e. The van der Waals surface area contributed by atoms with Gasteiger partial charge in [-0.15, -0.1) is 10.2 Å². The van der Waals surface area contributed by atoms with Crippen molar-refractivity contribution in [3.8, 4) is 5.75 Å². The van der Waals surface area contributed by atoms with Gasteiger partial charge >= 0.3 is 0 Å². The molecule has 1 aliphatic heterocycles. The Labute approximate surface area is 165 Å². The Hall–Kier alpha value is -4.01. The third kappa shape index (κ3) is 3.12. The predicted octanol–water partition coefficient (Wildman–Crippen LogP) is 2.04. The molecule has 0 spiro atoms. The summed E-state index contributed by atoms with van der Waals surface area (Å²) >= 11 is 0. The third-order valence-corrected chi connectivity index (χ3v) is 4.83. The normalized spacial score (nSPS) is 14.2. The summed E-state index contributed by atoms with van der Waals surface area (Å²) in [5.41, 5.74) is 4.01. The SMILES string of the molecule is CN1CC(c2nn[nH]n2)=C(c2ccc(OCc3nc4ccccc4[nH]3)cc2)C1=O. The van der Waals surface area contributed by atoms with Crippen LogP contribution < -0.4 is 4.74 Å². The van der Waals surface area contributed by atoms with E-state index >= 15 is 0 Å². The highest BCUT2D eigenvalue weighted by atomic mass is 16.5. The molecule has 0 fully saturated rings. The van der Waals surface area contributed by atoms with E-state index in [1.807, 2.05) is 48.5 Å². The van der Waals surface area contributed by atoms with E-state index < -0.39 is 0 Å². The van der Waals surface area contributed by atoms with Crippen LogP contribution in [0.3, 0.4) is 0 Å². The number of para-hydroxylation sites is 2. The lowest BCUT2D eigenvalue weighted by Crippen LogP contribution is -2.21. The van der Waals surface area contributed by atoms with E-state index in [9.17, 15) is 4.79 Å². The number of aromatic nitrogens is 6. The number of carbonyl (C=O) groups is 1. The average Bonchev–Trinajstić information content (AvgIpc) is 3.46. The first kappa shape index (κ1) is 17.1. The molecule has 5 rings (SSSR count). The average molecular weight is 387 g/mol. The molecule has 144 valence electrons. The van der Waals surface area contributed by atoms with Crippen molar-refractivity contribution in [3.05, 3.63) is 65.7 Å². The van der Waals surface area contributed by atoms with Gasteiger partial charge in [0.15, 0.2) is 0 Å². The van der Waals surface area contributed by atoms with Crippen molar-refractivity contribution < 1.29 is 9.53 Å². The van der Waals surface area contributed by atoms with Crippen molar-refractivity contribution in [2.45, 2.75) is 6.61 Å². The fraction of sp³-hybridized carbons (Fsp3) is 0.150. The molecule has 9 heteroatoms. The zero-order chi connectivity index (χ0) is 19.8. The van der Waals surface area contributed by atoms with Crippen LogP contribution in [-0.2, 0) is 11.4 Å². The van der Waals surface area contributed by atoms with Crippen molar-refractivity contribution in [1.82, 2.24) is 35.5 Å². The number of hydrogen-bond donors (Lipinski definition) is 2. The summed E-state index contributed by atoms with van der Waals surface area (Å²) in [6.07, 6.45) is 0. The van der Waals surface area contributed by atoms with Crippen molar-refractivity contribution in [1.29, 1.82) is 0 Å². The smallest absolute Gasteiger partial charge is 0.254 e. The quantitative estimate of drug-likeness (QED) is 0.542. The Bertz CT molecular complexity index is 1180. The van der Waals surface area contributed by atoms with Gasteiger partial charge < -0.3 is 14.6 Å². The molecule has 0 saturated carbocycles. The number of benzene rings is 2. The van der Waals surface area contributed by atoms with Crippen LogP contribution in [-0.4, -0.2) is 55.0 Å². The van der Waals surface area contributed by atoms with Gasteiger partial charge in [0.2, 0.25) is 5.82 Å². The fourth-order valence-electron chi connectivity index (χ4n) is 3.42. The van der Waals surface area contributed by atoms with Crippen LogP contribution in [0.25, 0.3) is 22.2 Å². The number of hydrogen-bond acceptors (Lipinski definition) is 6. The second-order valence-corrected chi connectivity index (χ2v) is 6.76. The van der Waals surface area contributed by atoms with Crippen LogP contribution in [0.2, 0.25) is 0 Å². The van der Waals surface area contributed by atoms with Gasteiger partial charge in [0.05, 0.1) is 23.2 Å². The van der Waals surface area contributed by atoms with Crippen LogP contribution in [0, 0.1) is 0 Å². The summed E-state index contributed by atoms with van der Waals surface area (Å²) in [7, 11) is 1.75. The van der Waals surface area contributed by atoms with Gasteiger partial charge in [-0.3, -0.25) is 4.79 Å². The number of carbonyl (C=O) groups excluding carboxylic acids is 1. The minimum absolute atomic E-state index is 0.0688. The van der Waals surface area contributed by atoms with Gasteiger partial charge in [0.1, 0.15) is 18.2 Å². The minimum atomic E-state index is -0.0688. The number of nitrogens with zero attached hydrogens (tertiary/aromatic N) is 5. The van der Waals surface area contributed by atoms with Gasteiger partial charge in [0, 0.05) is 12.6 Å². The molecule has 3 heterocycles. The number of rotatable bonds is 5. The minimum Gasteiger partial charge on any atom is -0.486 e. The molecule has 2 N–H and O–H groups in total. The molecular formula is C20H17N7O2. The molecule has 9 nitrogen and oxygen atoms in total. The van der Waals surface area contributed by atoms with Crippen molar-refractivity contribution in [2.24, 2.45) is 0 Å². The van der Waals surface area contributed by atoms with Gasteiger partial charge in [-0.1, -0.05) is 24.3 Å². The van der Waals surface area contributed by atoms with E-state index in [1.165, 1.54) is 0 Å². The molecule has 1 aliphatic rings. The number of H-pyrrole nitrogens is 2. The lowest BCUT2D eigenvalue weighted by molar-refractivity contribution is -0.122. The highest BCUT2D eigenvalue weighted by molar-refractivity contribution is 6.29. The van der Waals surface area contributed by atoms with Crippen molar-refractivity contribution in [3.63, 3.8) is 0 Å². The topological polar surface area (TPSA) is 113 Å². The van der Waals surface area contributed by atoms with Crippen LogP contribution in [0.4, 0.5) is 0 Å². The first-order valence-corrected chi connectivity index (χ1v) is 9.08. The predicted molar refractivity (Wildman–Crippen MR) is 105 cm³/mol. The van der Waals surface area contributed by atoms with E-state index in [1.54, 1.807) is 11.9 Å². The Balaban J connectivity index is 1.36. The molecule has 0 aliphatic carbocycles. The fourth-order valence-corrected chi connectivity index (χ4v) is 3.42. The second-order valence-electron chi connectivity index (χ2n) is 6.76. The molecule has 0 saturated heterocycles. The Morgan fingerprint density at radius 3 is 2.72 bits per heavy atom. The summed E-state index contributed by atoms with van der Waals surface area (Å²) in [5, 5.41) is 14.1. The zero-order valence-corrected chi connectivity index (χ0v) is 15.6. The molecule has 4 aromatic rings. The molecular weight excluding hydrogens is 370 g/mol. The maximum absolute atomic E-state index is 12.6.